The Morgan fingerprint density at radius 1 is 1.40 bits per heavy atom. The molecule has 5 heteroatoms. The number of hydrogen-bond donors (Lipinski definition) is 1. The predicted octanol–water partition coefficient (Wildman–Crippen LogP) is 2.41. The van der Waals surface area contributed by atoms with Gasteiger partial charge in [0, 0.05) is 18.8 Å². The molecule has 1 fully saturated rings. The maximum absolute atomic E-state index is 5.59. The SMILES string of the molecule is CC(C)Oc1ccnc(NCC2(C)CCN(C)CC2)n1. The highest BCUT2D eigenvalue weighted by Gasteiger charge is 2.28. The van der Waals surface area contributed by atoms with Gasteiger partial charge in [-0.1, -0.05) is 6.92 Å². The number of rotatable bonds is 5. The lowest BCUT2D eigenvalue weighted by atomic mass is 9.80. The minimum absolute atomic E-state index is 0.129. The summed E-state index contributed by atoms with van der Waals surface area (Å²) in [5, 5.41) is 3.36. The third kappa shape index (κ3) is 4.34. The van der Waals surface area contributed by atoms with Crippen molar-refractivity contribution in [1.29, 1.82) is 0 Å². The quantitative estimate of drug-likeness (QED) is 0.896. The zero-order valence-corrected chi connectivity index (χ0v) is 13.0. The highest BCUT2D eigenvalue weighted by Crippen LogP contribution is 2.30. The Hall–Kier alpha value is -1.36. The molecule has 1 aromatic heterocycles. The van der Waals surface area contributed by atoms with Crippen molar-refractivity contribution in [3.8, 4) is 5.88 Å². The molecule has 0 unspecified atom stereocenters. The highest BCUT2D eigenvalue weighted by atomic mass is 16.5. The number of nitrogens with one attached hydrogen (secondary N) is 1. The van der Waals surface area contributed by atoms with Crippen LogP contribution in [0.5, 0.6) is 5.88 Å². The van der Waals surface area contributed by atoms with Gasteiger partial charge in [-0.2, -0.15) is 4.98 Å². The Balaban J connectivity index is 1.90. The van der Waals surface area contributed by atoms with Crippen LogP contribution in [0, 0.1) is 5.41 Å². The minimum Gasteiger partial charge on any atom is -0.475 e. The van der Waals surface area contributed by atoms with Gasteiger partial charge in [0.05, 0.1) is 6.10 Å². The number of ether oxygens (including phenoxy) is 1. The van der Waals surface area contributed by atoms with E-state index in [9.17, 15) is 0 Å². The standard InChI is InChI=1S/C15H26N4O/c1-12(2)20-13-5-8-16-14(18-13)17-11-15(3)6-9-19(4)10-7-15/h5,8,12H,6-7,9-11H2,1-4H3,(H,16,17,18). The molecule has 0 spiro atoms. The van der Waals surface area contributed by atoms with Crippen molar-refractivity contribution in [2.24, 2.45) is 5.41 Å². The molecule has 112 valence electrons. The number of anilines is 1. The van der Waals surface area contributed by atoms with Gasteiger partial charge in [-0.25, -0.2) is 4.98 Å². The monoisotopic (exact) mass is 278 g/mol. The first-order valence-corrected chi connectivity index (χ1v) is 7.39. The van der Waals surface area contributed by atoms with Crippen LogP contribution in [0.25, 0.3) is 0 Å². The number of aromatic nitrogens is 2. The van der Waals surface area contributed by atoms with Crippen LogP contribution in [-0.2, 0) is 0 Å². The molecule has 0 aliphatic carbocycles. The molecule has 1 aliphatic heterocycles. The molecule has 1 aromatic rings. The smallest absolute Gasteiger partial charge is 0.225 e. The van der Waals surface area contributed by atoms with E-state index in [4.69, 9.17) is 4.74 Å². The van der Waals surface area contributed by atoms with Gasteiger partial charge in [-0.15, -0.1) is 0 Å². The second kappa shape index (κ2) is 6.39. The molecule has 20 heavy (non-hydrogen) atoms. The third-order valence-electron chi connectivity index (χ3n) is 3.85. The van der Waals surface area contributed by atoms with E-state index in [1.54, 1.807) is 12.3 Å². The molecule has 0 bridgehead atoms. The van der Waals surface area contributed by atoms with Gasteiger partial charge in [0.15, 0.2) is 0 Å². The van der Waals surface area contributed by atoms with E-state index < -0.39 is 0 Å². The molecule has 2 rings (SSSR count). The van der Waals surface area contributed by atoms with Gasteiger partial charge >= 0.3 is 0 Å². The average molecular weight is 278 g/mol. The zero-order chi connectivity index (χ0) is 14.6. The predicted molar refractivity (Wildman–Crippen MR) is 81.1 cm³/mol. The van der Waals surface area contributed by atoms with E-state index in [0.29, 0.717) is 17.2 Å². The highest BCUT2D eigenvalue weighted by molar-refractivity contribution is 5.28. The summed E-state index contributed by atoms with van der Waals surface area (Å²) >= 11 is 0. The van der Waals surface area contributed by atoms with Crippen LogP contribution in [0.15, 0.2) is 12.3 Å². The van der Waals surface area contributed by atoms with E-state index in [0.717, 1.165) is 19.6 Å². The topological polar surface area (TPSA) is 50.3 Å². The lowest BCUT2D eigenvalue weighted by Crippen LogP contribution is -2.40. The first kappa shape index (κ1) is 15.0. The molecule has 5 nitrogen and oxygen atoms in total. The molecule has 1 aliphatic rings. The summed E-state index contributed by atoms with van der Waals surface area (Å²) in [5.41, 5.74) is 0.324. The first-order chi connectivity index (χ1) is 9.47. The Labute approximate surface area is 121 Å². The summed E-state index contributed by atoms with van der Waals surface area (Å²) in [6.45, 7) is 9.56. The summed E-state index contributed by atoms with van der Waals surface area (Å²) in [5.74, 6) is 1.29. The normalized spacial score (nSPS) is 19.1. The Morgan fingerprint density at radius 2 is 2.10 bits per heavy atom. The molecule has 0 aromatic carbocycles. The van der Waals surface area contributed by atoms with E-state index in [1.807, 2.05) is 13.8 Å². The Bertz CT molecular complexity index is 428. The molecule has 2 heterocycles. The van der Waals surface area contributed by atoms with Crippen LogP contribution in [0.3, 0.4) is 0 Å². The van der Waals surface area contributed by atoms with Crippen molar-refractivity contribution in [3.05, 3.63) is 12.3 Å². The van der Waals surface area contributed by atoms with Crippen molar-refractivity contribution in [2.75, 3.05) is 32.0 Å². The molecule has 0 saturated carbocycles. The van der Waals surface area contributed by atoms with Crippen molar-refractivity contribution >= 4 is 5.95 Å². The summed E-state index contributed by atoms with van der Waals surface area (Å²) in [6, 6.07) is 1.79. The fourth-order valence-electron chi connectivity index (χ4n) is 2.36. The largest absolute Gasteiger partial charge is 0.475 e. The number of piperidine rings is 1. The molecule has 1 N–H and O–H groups in total. The van der Waals surface area contributed by atoms with Crippen molar-refractivity contribution in [2.45, 2.75) is 39.7 Å². The lowest BCUT2D eigenvalue weighted by Gasteiger charge is -2.37. The Kier molecular flexibility index (Phi) is 4.81. The molecule has 0 radical (unpaired) electrons. The molecular formula is C15H26N4O. The fourth-order valence-corrected chi connectivity index (χ4v) is 2.36. The maximum Gasteiger partial charge on any atom is 0.225 e. The van der Waals surface area contributed by atoms with Gasteiger partial charge < -0.3 is 15.0 Å². The van der Waals surface area contributed by atoms with Gasteiger partial charge in [0.1, 0.15) is 0 Å². The second-order valence-corrected chi connectivity index (χ2v) is 6.35. The molecule has 0 atom stereocenters. The van der Waals surface area contributed by atoms with E-state index in [-0.39, 0.29) is 6.10 Å². The zero-order valence-electron chi connectivity index (χ0n) is 13.0. The number of likely N-dealkylation sites (tertiary alicyclic amines) is 1. The van der Waals surface area contributed by atoms with Gasteiger partial charge in [0.2, 0.25) is 11.8 Å². The van der Waals surface area contributed by atoms with Crippen molar-refractivity contribution in [3.63, 3.8) is 0 Å². The maximum atomic E-state index is 5.59. The number of nitrogens with zero attached hydrogens (tertiary/aromatic N) is 3. The Morgan fingerprint density at radius 3 is 2.75 bits per heavy atom. The van der Waals surface area contributed by atoms with Crippen LogP contribution in [0.4, 0.5) is 5.95 Å². The number of hydrogen-bond acceptors (Lipinski definition) is 5. The van der Waals surface area contributed by atoms with Crippen LogP contribution in [-0.4, -0.2) is 47.7 Å². The second-order valence-electron chi connectivity index (χ2n) is 6.35. The first-order valence-electron chi connectivity index (χ1n) is 7.39. The minimum atomic E-state index is 0.129. The van der Waals surface area contributed by atoms with Crippen molar-refractivity contribution in [1.82, 2.24) is 14.9 Å². The summed E-state index contributed by atoms with van der Waals surface area (Å²) in [7, 11) is 2.18. The van der Waals surface area contributed by atoms with Gasteiger partial charge in [0.25, 0.3) is 0 Å². The van der Waals surface area contributed by atoms with Crippen LogP contribution < -0.4 is 10.1 Å². The summed E-state index contributed by atoms with van der Waals surface area (Å²) in [6.07, 6.45) is 4.28. The summed E-state index contributed by atoms with van der Waals surface area (Å²) < 4.78 is 5.59. The van der Waals surface area contributed by atoms with E-state index in [1.165, 1.54) is 12.8 Å². The van der Waals surface area contributed by atoms with Crippen LogP contribution >= 0.6 is 0 Å². The lowest BCUT2D eigenvalue weighted by molar-refractivity contribution is 0.150. The summed E-state index contributed by atoms with van der Waals surface area (Å²) in [4.78, 5) is 11.0. The van der Waals surface area contributed by atoms with Crippen molar-refractivity contribution < 1.29 is 4.74 Å². The van der Waals surface area contributed by atoms with E-state index >= 15 is 0 Å². The van der Waals surface area contributed by atoms with Gasteiger partial charge in [-0.3, -0.25) is 0 Å². The fraction of sp³-hybridized carbons (Fsp3) is 0.733. The molecular weight excluding hydrogens is 252 g/mol. The average Bonchev–Trinajstić information content (AvgIpc) is 2.40. The van der Waals surface area contributed by atoms with Crippen LogP contribution in [0.2, 0.25) is 0 Å². The van der Waals surface area contributed by atoms with Gasteiger partial charge in [-0.05, 0) is 52.2 Å². The molecule has 1 saturated heterocycles. The third-order valence-corrected chi connectivity index (χ3v) is 3.85. The van der Waals surface area contributed by atoms with E-state index in [2.05, 4.69) is 34.2 Å². The molecule has 0 amide bonds. The van der Waals surface area contributed by atoms with Crippen LogP contribution in [0.1, 0.15) is 33.6 Å².